The molecule has 0 aromatic carbocycles. The van der Waals surface area contributed by atoms with Crippen LogP contribution < -0.4 is 5.73 Å². The van der Waals surface area contributed by atoms with Crippen molar-refractivity contribution in [2.75, 3.05) is 25.9 Å². The van der Waals surface area contributed by atoms with Crippen LogP contribution in [0, 0.1) is 11.8 Å². The van der Waals surface area contributed by atoms with Gasteiger partial charge in [0.1, 0.15) is 0 Å². The second kappa shape index (κ2) is 6.15. The third-order valence-electron chi connectivity index (χ3n) is 5.56. The lowest BCUT2D eigenvalue weighted by atomic mass is 9.70. The molecular formula is C15H30N2S. The van der Waals surface area contributed by atoms with Gasteiger partial charge in [-0.05, 0) is 63.3 Å². The smallest absolute Gasteiger partial charge is 0.0334 e. The Hall–Kier alpha value is 0.270. The van der Waals surface area contributed by atoms with Gasteiger partial charge < -0.3 is 5.73 Å². The van der Waals surface area contributed by atoms with E-state index in [0.717, 1.165) is 23.6 Å². The third-order valence-corrected chi connectivity index (χ3v) is 6.70. The Kier molecular flexibility index (Phi) is 5.01. The number of hydrogen-bond donors (Lipinski definition) is 1. The summed E-state index contributed by atoms with van der Waals surface area (Å²) in [6, 6.07) is 0. The first-order valence-electron chi connectivity index (χ1n) is 7.59. The SMILES string of the molecule is CSC1CCN(C2(CN)CCC(C)C(C)C2)CC1. The summed E-state index contributed by atoms with van der Waals surface area (Å²) in [5, 5.41) is 0.885. The number of nitrogens with zero attached hydrogens (tertiary/aromatic N) is 1. The maximum absolute atomic E-state index is 6.20. The lowest BCUT2D eigenvalue weighted by Crippen LogP contribution is -2.59. The van der Waals surface area contributed by atoms with E-state index >= 15 is 0 Å². The molecule has 2 fully saturated rings. The van der Waals surface area contributed by atoms with Crippen molar-refractivity contribution in [2.24, 2.45) is 17.6 Å². The van der Waals surface area contributed by atoms with Crippen LogP contribution >= 0.6 is 11.8 Å². The summed E-state index contributed by atoms with van der Waals surface area (Å²) in [4.78, 5) is 2.74. The van der Waals surface area contributed by atoms with Gasteiger partial charge >= 0.3 is 0 Å². The topological polar surface area (TPSA) is 29.3 Å². The molecule has 1 heterocycles. The number of nitrogens with two attached hydrogens (primary N) is 1. The van der Waals surface area contributed by atoms with Crippen molar-refractivity contribution in [3.05, 3.63) is 0 Å². The molecule has 1 saturated heterocycles. The van der Waals surface area contributed by atoms with Crippen LogP contribution in [0.1, 0.15) is 46.0 Å². The summed E-state index contributed by atoms with van der Waals surface area (Å²) in [6.45, 7) is 8.22. The number of hydrogen-bond acceptors (Lipinski definition) is 3. The van der Waals surface area contributed by atoms with Gasteiger partial charge in [-0.3, -0.25) is 4.90 Å². The maximum atomic E-state index is 6.20. The molecule has 2 nitrogen and oxygen atoms in total. The van der Waals surface area contributed by atoms with Gasteiger partial charge in [0.05, 0.1) is 0 Å². The number of thioether (sulfide) groups is 1. The Balaban J connectivity index is 2.00. The molecule has 2 N–H and O–H groups in total. The zero-order chi connectivity index (χ0) is 13.2. The Bertz CT molecular complexity index is 263. The zero-order valence-corrected chi connectivity index (χ0v) is 13.1. The van der Waals surface area contributed by atoms with Gasteiger partial charge in [0, 0.05) is 17.3 Å². The van der Waals surface area contributed by atoms with Crippen molar-refractivity contribution in [3.63, 3.8) is 0 Å². The van der Waals surface area contributed by atoms with Gasteiger partial charge in [0.15, 0.2) is 0 Å². The van der Waals surface area contributed by atoms with E-state index in [1.807, 2.05) is 11.8 Å². The van der Waals surface area contributed by atoms with Gasteiger partial charge in [-0.15, -0.1) is 0 Å². The van der Waals surface area contributed by atoms with E-state index in [2.05, 4.69) is 25.0 Å². The van der Waals surface area contributed by atoms with Crippen LogP contribution in [-0.2, 0) is 0 Å². The molecule has 106 valence electrons. The fourth-order valence-corrected chi connectivity index (χ4v) is 4.53. The highest BCUT2D eigenvalue weighted by Gasteiger charge is 2.42. The Labute approximate surface area is 117 Å². The van der Waals surface area contributed by atoms with Gasteiger partial charge in [-0.25, -0.2) is 0 Å². The summed E-state index contributed by atoms with van der Waals surface area (Å²) >= 11 is 2.04. The Morgan fingerprint density at radius 2 is 1.83 bits per heavy atom. The fourth-order valence-electron chi connectivity index (χ4n) is 3.85. The average Bonchev–Trinajstić information content (AvgIpc) is 2.42. The number of likely N-dealkylation sites (tertiary alicyclic amines) is 1. The average molecular weight is 270 g/mol. The molecule has 0 amide bonds. The van der Waals surface area contributed by atoms with Crippen LogP contribution in [0.2, 0.25) is 0 Å². The summed E-state index contributed by atoms with van der Waals surface area (Å²) < 4.78 is 0. The molecule has 0 bridgehead atoms. The van der Waals surface area contributed by atoms with Crippen molar-refractivity contribution < 1.29 is 0 Å². The standard InChI is InChI=1S/C15H30N2S/c1-12-4-7-15(11-16,10-13(12)2)17-8-5-14(18-3)6-9-17/h12-14H,4-11,16H2,1-3H3. The molecule has 2 rings (SSSR count). The largest absolute Gasteiger partial charge is 0.329 e. The van der Waals surface area contributed by atoms with Crippen molar-refractivity contribution in [3.8, 4) is 0 Å². The Morgan fingerprint density at radius 3 is 2.33 bits per heavy atom. The number of piperidine rings is 1. The molecule has 0 aromatic heterocycles. The Morgan fingerprint density at radius 1 is 1.17 bits per heavy atom. The summed E-state index contributed by atoms with van der Waals surface area (Å²) in [5.74, 6) is 1.72. The first kappa shape index (κ1) is 14.7. The molecule has 1 aliphatic carbocycles. The predicted molar refractivity (Wildman–Crippen MR) is 82.1 cm³/mol. The lowest BCUT2D eigenvalue weighted by molar-refractivity contribution is 0.00988. The quantitative estimate of drug-likeness (QED) is 0.855. The number of rotatable bonds is 3. The van der Waals surface area contributed by atoms with Crippen LogP contribution in [0.4, 0.5) is 0 Å². The molecule has 3 heteroatoms. The van der Waals surface area contributed by atoms with Gasteiger partial charge in [-0.2, -0.15) is 11.8 Å². The third kappa shape index (κ3) is 2.88. The molecule has 3 unspecified atom stereocenters. The van der Waals surface area contributed by atoms with E-state index in [9.17, 15) is 0 Å². The first-order chi connectivity index (χ1) is 8.61. The van der Waals surface area contributed by atoms with E-state index in [1.165, 1.54) is 45.2 Å². The van der Waals surface area contributed by atoms with Crippen LogP contribution in [0.15, 0.2) is 0 Å². The van der Waals surface area contributed by atoms with E-state index in [4.69, 9.17) is 5.73 Å². The predicted octanol–water partition coefficient (Wildman–Crippen LogP) is 2.97. The van der Waals surface area contributed by atoms with Crippen LogP contribution in [-0.4, -0.2) is 41.6 Å². The van der Waals surface area contributed by atoms with Crippen molar-refractivity contribution in [1.82, 2.24) is 4.90 Å². The monoisotopic (exact) mass is 270 g/mol. The molecule has 0 radical (unpaired) electrons. The molecule has 0 aromatic rings. The maximum Gasteiger partial charge on any atom is 0.0334 e. The molecule has 1 saturated carbocycles. The minimum absolute atomic E-state index is 0.329. The van der Waals surface area contributed by atoms with E-state index in [1.54, 1.807) is 0 Å². The first-order valence-corrected chi connectivity index (χ1v) is 8.88. The second-order valence-electron chi connectivity index (χ2n) is 6.55. The van der Waals surface area contributed by atoms with Crippen molar-refractivity contribution in [2.45, 2.75) is 56.7 Å². The lowest BCUT2D eigenvalue weighted by Gasteiger charge is -2.51. The van der Waals surface area contributed by atoms with Crippen molar-refractivity contribution >= 4 is 11.8 Å². The van der Waals surface area contributed by atoms with Crippen molar-refractivity contribution in [1.29, 1.82) is 0 Å². The highest BCUT2D eigenvalue weighted by molar-refractivity contribution is 7.99. The highest BCUT2D eigenvalue weighted by atomic mass is 32.2. The second-order valence-corrected chi connectivity index (χ2v) is 7.69. The van der Waals surface area contributed by atoms with Gasteiger partial charge in [0.2, 0.25) is 0 Å². The molecule has 3 atom stereocenters. The summed E-state index contributed by atoms with van der Waals surface area (Å²) in [5.41, 5.74) is 6.53. The van der Waals surface area contributed by atoms with Gasteiger partial charge in [-0.1, -0.05) is 13.8 Å². The van der Waals surface area contributed by atoms with Crippen LogP contribution in [0.3, 0.4) is 0 Å². The zero-order valence-electron chi connectivity index (χ0n) is 12.3. The molecule has 0 spiro atoms. The molecule has 18 heavy (non-hydrogen) atoms. The normalized spacial score (nSPS) is 40.0. The highest BCUT2D eigenvalue weighted by Crippen LogP contribution is 2.41. The van der Waals surface area contributed by atoms with Crippen LogP contribution in [0.25, 0.3) is 0 Å². The molecule has 1 aliphatic heterocycles. The van der Waals surface area contributed by atoms with E-state index in [-0.39, 0.29) is 0 Å². The summed E-state index contributed by atoms with van der Waals surface area (Å²) in [6.07, 6.45) is 8.96. The van der Waals surface area contributed by atoms with Crippen LogP contribution in [0.5, 0.6) is 0 Å². The molecule has 2 aliphatic rings. The minimum Gasteiger partial charge on any atom is -0.329 e. The van der Waals surface area contributed by atoms with Gasteiger partial charge in [0.25, 0.3) is 0 Å². The molecular weight excluding hydrogens is 240 g/mol. The van der Waals surface area contributed by atoms with E-state index < -0.39 is 0 Å². The minimum atomic E-state index is 0.329. The summed E-state index contributed by atoms with van der Waals surface area (Å²) in [7, 11) is 0. The fraction of sp³-hybridized carbons (Fsp3) is 1.00. The van der Waals surface area contributed by atoms with E-state index in [0.29, 0.717) is 5.54 Å².